The molecule has 2 aliphatic rings. The summed E-state index contributed by atoms with van der Waals surface area (Å²) in [5.74, 6) is 1.45. The van der Waals surface area contributed by atoms with Crippen molar-refractivity contribution >= 4 is 5.91 Å². The Bertz CT molecular complexity index is 929. The molecule has 1 saturated heterocycles. The maximum Gasteiger partial charge on any atom is 0.253 e. The van der Waals surface area contributed by atoms with Gasteiger partial charge in [0, 0.05) is 48.3 Å². The number of hydrogen-bond acceptors (Lipinski definition) is 5. The van der Waals surface area contributed by atoms with E-state index in [2.05, 4.69) is 28.6 Å². The van der Waals surface area contributed by atoms with Crippen molar-refractivity contribution in [1.29, 1.82) is 0 Å². The third kappa shape index (κ3) is 4.04. The molecule has 2 aromatic rings. The van der Waals surface area contributed by atoms with Gasteiger partial charge in [-0.05, 0) is 45.9 Å². The van der Waals surface area contributed by atoms with E-state index in [1.165, 1.54) is 0 Å². The summed E-state index contributed by atoms with van der Waals surface area (Å²) in [7, 11) is 0. The van der Waals surface area contributed by atoms with E-state index >= 15 is 0 Å². The number of rotatable bonds is 5. The number of hydrogen-bond donors (Lipinski definition) is 1. The summed E-state index contributed by atoms with van der Waals surface area (Å²) in [6.07, 6.45) is 0. The molecule has 1 fully saturated rings. The highest BCUT2D eigenvalue weighted by atomic mass is 16.6. The number of carbonyl (C=O) groups excluding carboxylic acids is 1. The summed E-state index contributed by atoms with van der Waals surface area (Å²) in [6, 6.07) is 7.84. The van der Waals surface area contributed by atoms with Crippen LogP contribution in [-0.2, 0) is 4.74 Å². The van der Waals surface area contributed by atoms with Crippen LogP contribution < -0.4 is 14.8 Å². The summed E-state index contributed by atoms with van der Waals surface area (Å²) >= 11 is 0. The predicted octanol–water partition coefficient (Wildman–Crippen LogP) is 2.71. The van der Waals surface area contributed by atoms with Gasteiger partial charge in [0.1, 0.15) is 13.2 Å². The van der Waals surface area contributed by atoms with Crippen molar-refractivity contribution in [3.05, 3.63) is 41.2 Å². The number of morpholine rings is 1. The molecule has 30 heavy (non-hydrogen) atoms. The zero-order valence-electron chi connectivity index (χ0n) is 18.3. The Kier molecular flexibility index (Phi) is 5.75. The Hall–Kier alpha value is -2.51. The quantitative estimate of drug-likeness (QED) is 0.817. The fourth-order valence-corrected chi connectivity index (χ4v) is 4.23. The number of aromatic nitrogens is 1. The van der Waals surface area contributed by atoms with E-state index in [1.807, 2.05) is 38.1 Å². The lowest BCUT2D eigenvalue weighted by atomic mass is 10.0. The lowest BCUT2D eigenvalue weighted by molar-refractivity contribution is -0.00923. The molecule has 162 valence electrons. The standard InChI is InChI=1S/C23H31N3O4/c1-16-13-19(22(27)24-15-23(3,4)25-7-9-28-10-8-25)17(2)26(16)18-5-6-20-21(14-18)30-12-11-29-20/h5-6,13-14H,7-12,15H2,1-4H3,(H,24,27). The Balaban J connectivity index is 1.51. The van der Waals surface area contributed by atoms with E-state index in [4.69, 9.17) is 14.2 Å². The molecule has 1 N–H and O–H groups in total. The second kappa shape index (κ2) is 8.32. The van der Waals surface area contributed by atoms with Crippen LogP contribution in [0.4, 0.5) is 0 Å². The van der Waals surface area contributed by atoms with Crippen LogP contribution in [0.5, 0.6) is 11.5 Å². The molecule has 7 heteroatoms. The predicted molar refractivity (Wildman–Crippen MR) is 115 cm³/mol. The zero-order chi connectivity index (χ0) is 21.3. The minimum absolute atomic E-state index is 0.0479. The number of amides is 1. The Morgan fingerprint density at radius 2 is 1.73 bits per heavy atom. The number of benzene rings is 1. The zero-order valence-corrected chi connectivity index (χ0v) is 18.3. The molecule has 0 bridgehead atoms. The van der Waals surface area contributed by atoms with Crippen molar-refractivity contribution < 1.29 is 19.0 Å². The minimum atomic E-state index is -0.124. The van der Waals surface area contributed by atoms with Crippen LogP contribution in [0.15, 0.2) is 24.3 Å². The van der Waals surface area contributed by atoms with E-state index in [9.17, 15) is 4.79 Å². The fraction of sp³-hybridized carbons (Fsp3) is 0.522. The first kappa shape index (κ1) is 20.8. The summed E-state index contributed by atoms with van der Waals surface area (Å²) < 4.78 is 18.9. The molecule has 0 radical (unpaired) electrons. The normalized spacial score (nSPS) is 17.1. The van der Waals surface area contributed by atoms with Gasteiger partial charge in [-0.15, -0.1) is 0 Å². The molecule has 2 aliphatic heterocycles. The van der Waals surface area contributed by atoms with Crippen molar-refractivity contribution in [3.63, 3.8) is 0 Å². The van der Waals surface area contributed by atoms with E-state index in [0.29, 0.717) is 25.3 Å². The van der Waals surface area contributed by atoms with Gasteiger partial charge >= 0.3 is 0 Å². The first-order valence-electron chi connectivity index (χ1n) is 10.6. The van der Waals surface area contributed by atoms with Crippen LogP contribution in [0.3, 0.4) is 0 Å². The van der Waals surface area contributed by atoms with Crippen molar-refractivity contribution in [2.75, 3.05) is 46.1 Å². The van der Waals surface area contributed by atoms with E-state index < -0.39 is 0 Å². The summed E-state index contributed by atoms with van der Waals surface area (Å²) in [6.45, 7) is 13.3. The van der Waals surface area contributed by atoms with Gasteiger partial charge in [0.2, 0.25) is 0 Å². The Morgan fingerprint density at radius 3 is 2.47 bits per heavy atom. The molecular formula is C23H31N3O4. The first-order chi connectivity index (χ1) is 14.4. The second-order valence-corrected chi connectivity index (χ2v) is 8.54. The highest BCUT2D eigenvalue weighted by Crippen LogP contribution is 2.33. The monoisotopic (exact) mass is 413 g/mol. The lowest BCUT2D eigenvalue weighted by Gasteiger charge is -2.40. The van der Waals surface area contributed by atoms with Crippen LogP contribution in [0.25, 0.3) is 5.69 Å². The molecule has 0 saturated carbocycles. The first-order valence-corrected chi connectivity index (χ1v) is 10.6. The highest BCUT2D eigenvalue weighted by molar-refractivity contribution is 5.96. The topological polar surface area (TPSA) is 65.0 Å². The SMILES string of the molecule is Cc1cc(C(=O)NCC(C)(C)N2CCOCC2)c(C)n1-c1ccc2c(c1)OCCO2. The van der Waals surface area contributed by atoms with Crippen LogP contribution in [0.2, 0.25) is 0 Å². The van der Waals surface area contributed by atoms with E-state index in [1.54, 1.807) is 0 Å². The summed E-state index contributed by atoms with van der Waals surface area (Å²) in [5.41, 5.74) is 3.44. The van der Waals surface area contributed by atoms with Crippen molar-refractivity contribution in [3.8, 4) is 17.2 Å². The molecule has 0 aliphatic carbocycles. The van der Waals surface area contributed by atoms with Crippen LogP contribution in [0, 0.1) is 13.8 Å². The van der Waals surface area contributed by atoms with Crippen molar-refractivity contribution in [2.24, 2.45) is 0 Å². The number of nitrogens with one attached hydrogen (secondary N) is 1. The van der Waals surface area contributed by atoms with Crippen LogP contribution in [0.1, 0.15) is 35.6 Å². The van der Waals surface area contributed by atoms with Crippen LogP contribution >= 0.6 is 0 Å². The summed E-state index contributed by atoms with van der Waals surface area (Å²) in [5, 5.41) is 3.14. The fourth-order valence-electron chi connectivity index (χ4n) is 4.23. The molecule has 1 amide bonds. The number of ether oxygens (including phenoxy) is 3. The third-order valence-corrected chi connectivity index (χ3v) is 6.01. The maximum atomic E-state index is 13.0. The molecule has 1 aromatic heterocycles. The number of nitrogens with zero attached hydrogens (tertiary/aromatic N) is 2. The number of carbonyl (C=O) groups is 1. The maximum absolute atomic E-state index is 13.0. The lowest BCUT2D eigenvalue weighted by Crippen LogP contribution is -2.55. The van der Waals surface area contributed by atoms with Gasteiger partial charge in [-0.2, -0.15) is 0 Å². The second-order valence-electron chi connectivity index (χ2n) is 8.54. The van der Waals surface area contributed by atoms with Gasteiger partial charge in [0.05, 0.1) is 18.8 Å². The van der Waals surface area contributed by atoms with E-state index in [-0.39, 0.29) is 11.4 Å². The van der Waals surface area contributed by atoms with Gasteiger partial charge in [-0.3, -0.25) is 9.69 Å². The minimum Gasteiger partial charge on any atom is -0.486 e. The highest BCUT2D eigenvalue weighted by Gasteiger charge is 2.29. The largest absolute Gasteiger partial charge is 0.486 e. The number of fused-ring (bicyclic) bond motifs is 1. The summed E-state index contributed by atoms with van der Waals surface area (Å²) in [4.78, 5) is 15.4. The molecule has 7 nitrogen and oxygen atoms in total. The van der Waals surface area contributed by atoms with Gasteiger partial charge < -0.3 is 24.1 Å². The molecule has 4 rings (SSSR count). The Labute approximate surface area is 177 Å². The molecule has 0 unspecified atom stereocenters. The molecule has 0 spiro atoms. The van der Waals surface area contributed by atoms with Gasteiger partial charge in [0.25, 0.3) is 5.91 Å². The van der Waals surface area contributed by atoms with Gasteiger partial charge in [0.15, 0.2) is 11.5 Å². The smallest absolute Gasteiger partial charge is 0.253 e. The van der Waals surface area contributed by atoms with Crippen LogP contribution in [-0.4, -0.2) is 67.0 Å². The molecular weight excluding hydrogens is 382 g/mol. The van der Waals surface area contributed by atoms with Gasteiger partial charge in [-0.25, -0.2) is 0 Å². The average molecular weight is 414 g/mol. The van der Waals surface area contributed by atoms with E-state index in [0.717, 1.165) is 54.9 Å². The van der Waals surface area contributed by atoms with Crippen molar-refractivity contribution in [1.82, 2.24) is 14.8 Å². The van der Waals surface area contributed by atoms with Crippen molar-refractivity contribution in [2.45, 2.75) is 33.2 Å². The van der Waals surface area contributed by atoms with Gasteiger partial charge in [-0.1, -0.05) is 0 Å². The molecule has 1 aromatic carbocycles. The average Bonchev–Trinajstić information content (AvgIpc) is 3.06. The molecule has 3 heterocycles. The third-order valence-electron chi connectivity index (χ3n) is 6.01. The Morgan fingerprint density at radius 1 is 1.03 bits per heavy atom. The number of aryl methyl sites for hydroxylation is 1. The molecule has 0 atom stereocenters.